The first kappa shape index (κ1) is 13.9. The molecule has 4 nitrogen and oxygen atoms in total. The van der Waals surface area contributed by atoms with Crippen molar-refractivity contribution in [3.63, 3.8) is 0 Å². The summed E-state index contributed by atoms with van der Waals surface area (Å²) >= 11 is 0. The first-order valence-corrected chi connectivity index (χ1v) is 6.22. The number of rotatable bonds is 9. The summed E-state index contributed by atoms with van der Waals surface area (Å²) in [6, 6.07) is 0.396. The summed E-state index contributed by atoms with van der Waals surface area (Å²) in [7, 11) is 4.10. The van der Waals surface area contributed by atoms with Gasteiger partial charge in [0, 0.05) is 25.7 Å². The van der Waals surface area contributed by atoms with Crippen LogP contribution in [0, 0.1) is 5.92 Å². The third-order valence-electron chi connectivity index (χ3n) is 2.70. The Kier molecular flexibility index (Phi) is 6.28. The number of nitrogens with zero attached hydrogens (tertiary/aromatic N) is 1. The highest BCUT2D eigenvalue weighted by Gasteiger charge is 2.21. The molecule has 1 fully saturated rings. The van der Waals surface area contributed by atoms with Crippen LogP contribution in [0.1, 0.15) is 19.8 Å². The molecule has 0 bridgehead atoms. The molecule has 4 heteroatoms. The van der Waals surface area contributed by atoms with Gasteiger partial charge in [-0.1, -0.05) is 0 Å². The molecular weight excluding hydrogens is 204 g/mol. The van der Waals surface area contributed by atoms with E-state index in [0.717, 1.165) is 19.1 Å². The highest BCUT2D eigenvalue weighted by molar-refractivity contribution is 4.72. The molecule has 2 unspecified atom stereocenters. The van der Waals surface area contributed by atoms with Crippen molar-refractivity contribution in [1.29, 1.82) is 0 Å². The van der Waals surface area contributed by atoms with Crippen LogP contribution in [0.15, 0.2) is 0 Å². The van der Waals surface area contributed by atoms with Gasteiger partial charge >= 0.3 is 0 Å². The van der Waals surface area contributed by atoms with Gasteiger partial charge in [-0.05, 0) is 39.8 Å². The summed E-state index contributed by atoms with van der Waals surface area (Å²) in [4.78, 5) is 2.13. The van der Waals surface area contributed by atoms with E-state index in [2.05, 4.69) is 17.1 Å². The molecule has 1 rings (SSSR count). The molecule has 1 aliphatic carbocycles. The van der Waals surface area contributed by atoms with Gasteiger partial charge in [-0.25, -0.2) is 0 Å². The molecule has 0 saturated heterocycles. The van der Waals surface area contributed by atoms with Crippen LogP contribution in [0.25, 0.3) is 0 Å². The largest absolute Gasteiger partial charge is 0.389 e. The Morgan fingerprint density at radius 2 is 2.12 bits per heavy atom. The average molecular weight is 230 g/mol. The lowest BCUT2D eigenvalue weighted by molar-refractivity contribution is 0.0311. The van der Waals surface area contributed by atoms with E-state index in [1.54, 1.807) is 0 Å². The molecule has 0 radical (unpaired) electrons. The number of ether oxygens (including phenoxy) is 1. The SMILES string of the molecule is CC(CN(C)C)NCC(O)COCC1CC1. The zero-order valence-corrected chi connectivity index (χ0v) is 10.8. The van der Waals surface area contributed by atoms with Crippen molar-refractivity contribution >= 4 is 0 Å². The van der Waals surface area contributed by atoms with Crippen molar-refractivity contribution in [2.24, 2.45) is 5.92 Å². The molecular formula is C12H26N2O2. The molecule has 0 aliphatic heterocycles. The van der Waals surface area contributed by atoms with Gasteiger partial charge in [-0.3, -0.25) is 0 Å². The second-order valence-corrected chi connectivity index (χ2v) is 5.21. The van der Waals surface area contributed by atoms with E-state index in [-0.39, 0.29) is 6.10 Å². The van der Waals surface area contributed by atoms with Crippen LogP contribution in [-0.4, -0.2) is 62.6 Å². The lowest BCUT2D eigenvalue weighted by atomic mass is 10.3. The number of nitrogens with one attached hydrogen (secondary N) is 1. The molecule has 0 aromatic carbocycles. The van der Waals surface area contributed by atoms with Crippen molar-refractivity contribution in [1.82, 2.24) is 10.2 Å². The Morgan fingerprint density at radius 1 is 1.44 bits per heavy atom. The van der Waals surface area contributed by atoms with Crippen LogP contribution >= 0.6 is 0 Å². The van der Waals surface area contributed by atoms with Crippen LogP contribution in [0.4, 0.5) is 0 Å². The minimum atomic E-state index is -0.386. The Bertz CT molecular complexity index is 184. The zero-order chi connectivity index (χ0) is 12.0. The second kappa shape index (κ2) is 7.22. The fourth-order valence-electron chi connectivity index (χ4n) is 1.66. The van der Waals surface area contributed by atoms with Crippen LogP contribution in [0.2, 0.25) is 0 Å². The summed E-state index contributed by atoms with van der Waals surface area (Å²) in [5.41, 5.74) is 0. The number of aliphatic hydroxyl groups is 1. The smallest absolute Gasteiger partial charge is 0.0897 e. The van der Waals surface area contributed by atoms with E-state index in [0.29, 0.717) is 19.2 Å². The maximum atomic E-state index is 9.66. The standard InChI is InChI=1S/C12H26N2O2/c1-10(7-14(2)3)13-6-12(15)9-16-8-11-4-5-11/h10-13,15H,4-9H2,1-3H3. The zero-order valence-electron chi connectivity index (χ0n) is 10.8. The summed E-state index contributed by atoms with van der Waals surface area (Å²) in [5, 5.41) is 13.0. The molecule has 0 heterocycles. The predicted octanol–water partition coefficient (Wildman–Crippen LogP) is 0.314. The fourth-order valence-corrected chi connectivity index (χ4v) is 1.66. The van der Waals surface area contributed by atoms with Crippen molar-refractivity contribution in [2.45, 2.75) is 31.9 Å². The van der Waals surface area contributed by atoms with Gasteiger partial charge in [-0.15, -0.1) is 0 Å². The Morgan fingerprint density at radius 3 is 2.69 bits per heavy atom. The quantitative estimate of drug-likeness (QED) is 0.598. The molecule has 2 atom stereocenters. The van der Waals surface area contributed by atoms with Crippen LogP contribution in [0.3, 0.4) is 0 Å². The van der Waals surface area contributed by atoms with Gasteiger partial charge in [0.05, 0.1) is 12.7 Å². The normalized spacial score (nSPS) is 20.1. The summed E-state index contributed by atoms with van der Waals surface area (Å²) in [6.45, 7) is 5.00. The average Bonchev–Trinajstić information content (AvgIpc) is 2.97. The fraction of sp³-hybridized carbons (Fsp3) is 1.00. The molecule has 1 saturated carbocycles. The summed E-state index contributed by atoms with van der Waals surface area (Å²) in [6.07, 6.45) is 2.21. The number of hydrogen-bond acceptors (Lipinski definition) is 4. The van der Waals surface area contributed by atoms with E-state index in [1.807, 2.05) is 14.1 Å². The molecule has 96 valence electrons. The molecule has 0 spiro atoms. The van der Waals surface area contributed by atoms with Gasteiger partial charge in [0.25, 0.3) is 0 Å². The minimum absolute atomic E-state index is 0.386. The first-order valence-electron chi connectivity index (χ1n) is 6.22. The van der Waals surface area contributed by atoms with Gasteiger partial charge in [-0.2, -0.15) is 0 Å². The van der Waals surface area contributed by atoms with Crippen LogP contribution in [0.5, 0.6) is 0 Å². The lowest BCUT2D eigenvalue weighted by Crippen LogP contribution is -2.41. The molecule has 0 aromatic rings. The maximum absolute atomic E-state index is 9.66. The Hall–Kier alpha value is -0.160. The number of aliphatic hydroxyl groups excluding tert-OH is 1. The van der Waals surface area contributed by atoms with Crippen LogP contribution < -0.4 is 5.32 Å². The van der Waals surface area contributed by atoms with Gasteiger partial charge in [0.15, 0.2) is 0 Å². The van der Waals surface area contributed by atoms with E-state index < -0.39 is 0 Å². The number of hydrogen-bond donors (Lipinski definition) is 2. The Labute approximate surface area is 99.0 Å². The van der Waals surface area contributed by atoms with Gasteiger partial charge in [0.1, 0.15) is 0 Å². The van der Waals surface area contributed by atoms with E-state index in [1.165, 1.54) is 12.8 Å². The van der Waals surface area contributed by atoms with Gasteiger partial charge < -0.3 is 20.1 Å². The monoisotopic (exact) mass is 230 g/mol. The van der Waals surface area contributed by atoms with Crippen molar-refractivity contribution in [3.05, 3.63) is 0 Å². The lowest BCUT2D eigenvalue weighted by Gasteiger charge is -2.20. The van der Waals surface area contributed by atoms with Crippen molar-refractivity contribution < 1.29 is 9.84 Å². The number of likely N-dealkylation sites (N-methyl/N-ethyl adjacent to an activating group) is 1. The molecule has 2 N–H and O–H groups in total. The summed E-state index contributed by atoms with van der Waals surface area (Å²) < 4.78 is 5.43. The maximum Gasteiger partial charge on any atom is 0.0897 e. The van der Waals surface area contributed by atoms with Crippen molar-refractivity contribution in [3.8, 4) is 0 Å². The van der Waals surface area contributed by atoms with Gasteiger partial charge in [0.2, 0.25) is 0 Å². The van der Waals surface area contributed by atoms with Crippen LogP contribution in [-0.2, 0) is 4.74 Å². The predicted molar refractivity (Wildman–Crippen MR) is 65.6 cm³/mol. The highest BCUT2D eigenvalue weighted by Crippen LogP contribution is 2.28. The first-order chi connectivity index (χ1) is 7.58. The molecule has 1 aliphatic rings. The topological polar surface area (TPSA) is 44.7 Å². The van der Waals surface area contributed by atoms with E-state index >= 15 is 0 Å². The van der Waals surface area contributed by atoms with E-state index in [4.69, 9.17) is 4.74 Å². The Balaban J connectivity index is 1.93. The molecule has 0 aromatic heterocycles. The van der Waals surface area contributed by atoms with Crippen molar-refractivity contribution in [2.75, 3.05) is 40.4 Å². The molecule has 16 heavy (non-hydrogen) atoms. The third kappa shape index (κ3) is 7.17. The van der Waals surface area contributed by atoms with E-state index in [9.17, 15) is 5.11 Å². The second-order valence-electron chi connectivity index (χ2n) is 5.21. The summed E-state index contributed by atoms with van der Waals surface area (Å²) in [5.74, 6) is 0.771. The molecule has 0 amide bonds. The third-order valence-corrected chi connectivity index (χ3v) is 2.70. The highest BCUT2D eigenvalue weighted by atomic mass is 16.5. The minimum Gasteiger partial charge on any atom is -0.389 e.